The second-order valence-corrected chi connectivity index (χ2v) is 9.02. The molecule has 0 heterocycles. The van der Waals surface area contributed by atoms with Gasteiger partial charge in [-0.05, 0) is 64.8 Å². The summed E-state index contributed by atoms with van der Waals surface area (Å²) in [5, 5.41) is 20.1. The summed E-state index contributed by atoms with van der Waals surface area (Å²) in [6.07, 6.45) is 0. The van der Waals surface area contributed by atoms with E-state index in [4.69, 9.17) is 17.0 Å². The minimum atomic E-state index is -1.86. The van der Waals surface area contributed by atoms with Crippen LogP contribution in [0.5, 0.6) is 5.75 Å². The number of aromatic hydroxyl groups is 1. The number of allylic oxidation sites excluding steroid dienone is 1. The van der Waals surface area contributed by atoms with Crippen LogP contribution in [0.25, 0.3) is 16.7 Å². The molecule has 3 aromatic rings. The van der Waals surface area contributed by atoms with Crippen molar-refractivity contribution in [2.24, 2.45) is 11.6 Å². The third kappa shape index (κ3) is 5.39. The number of amidine groups is 1. The zero-order chi connectivity index (χ0) is 25.0. The molecule has 1 unspecified atom stereocenters. The Bertz CT molecular complexity index is 1350. The lowest BCUT2D eigenvalue weighted by atomic mass is 10.0. The Morgan fingerprint density at radius 1 is 1.18 bits per heavy atom. The maximum atomic E-state index is 14.9. The Morgan fingerprint density at radius 2 is 1.88 bits per heavy atom. The second-order valence-electron chi connectivity index (χ2n) is 7.06. The van der Waals surface area contributed by atoms with E-state index in [1.165, 1.54) is 25.1 Å². The third-order valence-electron chi connectivity index (χ3n) is 4.92. The first-order chi connectivity index (χ1) is 16.1. The van der Waals surface area contributed by atoms with Crippen molar-refractivity contribution in [1.82, 2.24) is 0 Å². The molecular weight excluding hydrogens is 527 g/mol. The zero-order valence-corrected chi connectivity index (χ0v) is 20.2. The summed E-state index contributed by atoms with van der Waals surface area (Å²) >= 11 is 1.49. The lowest BCUT2D eigenvalue weighted by molar-refractivity contribution is -0.114. The molecule has 3 aromatic carbocycles. The van der Waals surface area contributed by atoms with Gasteiger partial charge in [-0.15, -0.1) is 0 Å². The molecule has 0 saturated heterocycles. The van der Waals surface area contributed by atoms with E-state index in [0.717, 1.165) is 0 Å². The van der Waals surface area contributed by atoms with Gasteiger partial charge < -0.3 is 16.2 Å². The minimum Gasteiger partial charge on any atom is -0.507 e. The number of phenolic OH excluding ortho intramolecular Hbond substituents is 1. The molecule has 8 nitrogen and oxygen atoms in total. The van der Waals surface area contributed by atoms with Crippen LogP contribution in [0, 0.1) is 5.41 Å². The number of nitrogens with one attached hydrogen (secondary N) is 2. The van der Waals surface area contributed by atoms with E-state index < -0.39 is 22.8 Å². The molecule has 0 radical (unpaired) electrons. The van der Waals surface area contributed by atoms with E-state index in [1.807, 2.05) is 0 Å². The van der Waals surface area contributed by atoms with Crippen LogP contribution in [0.4, 0.5) is 10.1 Å². The summed E-state index contributed by atoms with van der Waals surface area (Å²) in [6.45, 7) is 1.34. The van der Waals surface area contributed by atoms with Gasteiger partial charge in [-0.1, -0.05) is 24.3 Å². The molecule has 0 bridgehead atoms. The average Bonchev–Trinajstić information content (AvgIpc) is 2.83. The molecule has 0 fully saturated rings. The summed E-state index contributed by atoms with van der Waals surface area (Å²) in [4.78, 5) is 12.9. The number of anilines is 1. The highest BCUT2D eigenvalue weighted by Gasteiger charge is 2.19. The molecule has 3 rings (SSSR count). The van der Waals surface area contributed by atoms with E-state index in [9.17, 15) is 18.5 Å². The topological polar surface area (TPSA) is 152 Å². The molecular formula is C23H20BrFN4O4S. The third-order valence-corrected chi connectivity index (χ3v) is 6.47. The number of nitrogens with two attached hydrogens (primary N) is 2. The van der Waals surface area contributed by atoms with Crippen LogP contribution in [0.15, 0.2) is 75.9 Å². The van der Waals surface area contributed by atoms with Gasteiger partial charge in [0, 0.05) is 26.7 Å². The number of hydrogen-bond donors (Lipinski definition) is 5. The van der Waals surface area contributed by atoms with Gasteiger partial charge in [-0.3, -0.25) is 10.2 Å². The van der Waals surface area contributed by atoms with Crippen LogP contribution < -0.4 is 16.9 Å². The van der Waals surface area contributed by atoms with Gasteiger partial charge >= 0.3 is 0 Å². The van der Waals surface area contributed by atoms with Crippen molar-refractivity contribution in [1.29, 1.82) is 5.41 Å². The molecule has 7 N–H and O–H groups in total. The Morgan fingerprint density at radius 3 is 2.53 bits per heavy atom. The van der Waals surface area contributed by atoms with Crippen LogP contribution in [0.3, 0.4) is 0 Å². The fourth-order valence-corrected chi connectivity index (χ4v) is 4.29. The molecule has 1 atom stereocenters. The lowest BCUT2D eigenvalue weighted by Gasteiger charge is -2.12. The minimum absolute atomic E-state index is 0.0430. The Hall–Kier alpha value is -3.38. The molecule has 0 aliphatic heterocycles. The van der Waals surface area contributed by atoms with Crippen LogP contribution >= 0.6 is 15.9 Å². The highest BCUT2D eigenvalue weighted by Crippen LogP contribution is 2.33. The van der Waals surface area contributed by atoms with Crippen molar-refractivity contribution in [2.45, 2.75) is 11.8 Å². The van der Waals surface area contributed by atoms with E-state index in [-0.39, 0.29) is 34.0 Å². The number of halogens is 2. The average molecular weight is 547 g/mol. The smallest absolute Gasteiger partial charge is 0.284 e. The van der Waals surface area contributed by atoms with Crippen molar-refractivity contribution in [3.05, 3.63) is 82.1 Å². The van der Waals surface area contributed by atoms with E-state index in [0.29, 0.717) is 20.5 Å². The summed E-state index contributed by atoms with van der Waals surface area (Å²) in [5.74, 6) is 2.40. The number of benzene rings is 3. The monoisotopic (exact) mass is 546 g/mol. The Kier molecular flexibility index (Phi) is 7.94. The normalized spacial score (nSPS) is 12.6. The highest BCUT2D eigenvalue weighted by molar-refractivity contribution is 9.10. The van der Waals surface area contributed by atoms with Crippen LogP contribution in [0.1, 0.15) is 18.1 Å². The molecule has 0 aliphatic rings. The number of phenols is 1. The van der Waals surface area contributed by atoms with Crippen LogP contribution in [-0.4, -0.2) is 21.1 Å². The summed E-state index contributed by atoms with van der Waals surface area (Å²) in [6, 6.07) is 15.7. The summed E-state index contributed by atoms with van der Waals surface area (Å²) in [5.41, 5.74) is 7.20. The van der Waals surface area contributed by atoms with Gasteiger partial charge in [0.05, 0.1) is 10.6 Å². The molecule has 34 heavy (non-hydrogen) atoms. The number of nitrogen functional groups attached to an aromatic ring is 1. The maximum Gasteiger partial charge on any atom is 0.284 e. The standard InChI is InChI=1S/C23H20BrFN4O4S/c1-12(16-10-14(22(26)27)7-9-19(16)30)21(25)23(31)29-18-8-6-13(11-17(18)24)15-4-2-3-5-20(15)34(32)33-28/h2-11,30H,28H2,1H3,(H3,26,27)(H,29,31). The number of hydrogen-bond acceptors (Lipinski definition) is 6. The van der Waals surface area contributed by atoms with Gasteiger partial charge in [0.2, 0.25) is 11.1 Å². The first-order valence-electron chi connectivity index (χ1n) is 9.67. The summed E-state index contributed by atoms with van der Waals surface area (Å²) in [7, 11) is 0. The van der Waals surface area contributed by atoms with Gasteiger partial charge in [-0.25, -0.2) is 8.60 Å². The molecule has 11 heteroatoms. The fourth-order valence-electron chi connectivity index (χ4n) is 3.16. The number of amides is 1. The predicted octanol–water partition coefficient (Wildman–Crippen LogP) is 4.36. The van der Waals surface area contributed by atoms with Crippen molar-refractivity contribution < 1.29 is 22.8 Å². The van der Waals surface area contributed by atoms with E-state index in [2.05, 4.69) is 25.5 Å². The van der Waals surface area contributed by atoms with Crippen molar-refractivity contribution >= 4 is 50.0 Å². The van der Waals surface area contributed by atoms with Crippen molar-refractivity contribution in [2.75, 3.05) is 5.32 Å². The molecule has 176 valence electrons. The molecule has 0 saturated carbocycles. The Balaban J connectivity index is 1.90. The molecule has 0 spiro atoms. The van der Waals surface area contributed by atoms with Gasteiger partial charge in [0.25, 0.3) is 5.91 Å². The molecule has 1 amide bonds. The largest absolute Gasteiger partial charge is 0.507 e. The SMILES string of the molecule is CC(=C(F)C(=O)Nc1ccc(-c2ccccc2S(=O)ON)cc1Br)c1cc(C(=N)N)ccc1O. The maximum absolute atomic E-state index is 14.9. The second kappa shape index (κ2) is 10.7. The number of carbonyl (C=O) groups is 1. The van der Waals surface area contributed by atoms with Crippen molar-refractivity contribution in [3.63, 3.8) is 0 Å². The fraction of sp³-hybridized carbons (Fsp3) is 0.0435. The zero-order valence-electron chi connectivity index (χ0n) is 17.8. The van der Waals surface area contributed by atoms with Crippen LogP contribution in [0.2, 0.25) is 0 Å². The first-order valence-corrected chi connectivity index (χ1v) is 11.5. The van der Waals surface area contributed by atoms with Gasteiger partial charge in [-0.2, -0.15) is 10.2 Å². The lowest BCUT2D eigenvalue weighted by Crippen LogP contribution is -2.14. The predicted molar refractivity (Wildman–Crippen MR) is 133 cm³/mol. The molecule has 0 aliphatic carbocycles. The summed E-state index contributed by atoms with van der Waals surface area (Å²) < 4.78 is 31.9. The van der Waals surface area contributed by atoms with E-state index in [1.54, 1.807) is 42.5 Å². The van der Waals surface area contributed by atoms with Crippen molar-refractivity contribution in [3.8, 4) is 16.9 Å². The van der Waals surface area contributed by atoms with Gasteiger partial charge in [0.1, 0.15) is 11.6 Å². The van der Waals surface area contributed by atoms with Gasteiger partial charge in [0.15, 0.2) is 5.83 Å². The Labute approximate surface area is 205 Å². The van der Waals surface area contributed by atoms with E-state index >= 15 is 0 Å². The molecule has 0 aromatic heterocycles. The highest BCUT2D eigenvalue weighted by atomic mass is 79.9. The number of carbonyl (C=O) groups excluding carboxylic acids is 1. The quantitative estimate of drug-likeness (QED) is 0.128. The number of rotatable bonds is 7. The first kappa shape index (κ1) is 25.2. The van der Waals surface area contributed by atoms with Crippen LogP contribution in [-0.2, 0) is 20.2 Å².